The topological polar surface area (TPSA) is 57.3 Å². The lowest BCUT2D eigenvalue weighted by atomic mass is 9.83. The Balaban J connectivity index is 1.30. The summed E-state index contributed by atoms with van der Waals surface area (Å²) in [6.45, 7) is 8.12. The first-order chi connectivity index (χ1) is 17.1. The molecule has 7 nitrogen and oxygen atoms in total. The van der Waals surface area contributed by atoms with Gasteiger partial charge < -0.3 is 19.7 Å². The van der Waals surface area contributed by atoms with Crippen LogP contribution in [-0.2, 0) is 22.5 Å². The van der Waals surface area contributed by atoms with Crippen LogP contribution < -0.4 is 15.0 Å². The van der Waals surface area contributed by atoms with Gasteiger partial charge in [0.2, 0.25) is 5.91 Å². The van der Waals surface area contributed by atoms with E-state index in [1.54, 1.807) is 7.11 Å². The minimum atomic E-state index is -0.217. The van der Waals surface area contributed by atoms with Gasteiger partial charge in [-0.15, -0.1) is 0 Å². The number of rotatable bonds is 7. The molecule has 3 aliphatic heterocycles. The Morgan fingerprint density at radius 3 is 2.66 bits per heavy atom. The van der Waals surface area contributed by atoms with Crippen LogP contribution in [0.3, 0.4) is 0 Å². The lowest BCUT2D eigenvalue weighted by molar-refractivity contribution is -0.126. The third-order valence-corrected chi connectivity index (χ3v) is 7.50. The number of anilines is 1. The highest BCUT2D eigenvalue weighted by molar-refractivity contribution is 5.82. The number of nitrogens with one attached hydrogen (secondary N) is 1. The van der Waals surface area contributed by atoms with Crippen molar-refractivity contribution in [2.45, 2.75) is 19.0 Å². The lowest BCUT2D eigenvalue weighted by Crippen LogP contribution is -2.61. The molecule has 2 fully saturated rings. The molecule has 8 heteroatoms. The summed E-state index contributed by atoms with van der Waals surface area (Å²) in [5, 5.41) is 3.22. The second-order valence-corrected chi connectivity index (χ2v) is 9.67. The number of halogens is 1. The minimum absolute atomic E-state index is 0.0761. The van der Waals surface area contributed by atoms with Crippen LogP contribution in [0.4, 0.5) is 10.1 Å². The van der Waals surface area contributed by atoms with Gasteiger partial charge in [-0.05, 0) is 35.7 Å². The van der Waals surface area contributed by atoms with Crippen molar-refractivity contribution in [1.29, 1.82) is 0 Å². The van der Waals surface area contributed by atoms with E-state index in [0.29, 0.717) is 13.0 Å². The molecule has 1 N–H and O–H groups in total. The normalized spacial score (nSPS) is 22.9. The lowest BCUT2D eigenvalue weighted by Gasteiger charge is -2.49. The van der Waals surface area contributed by atoms with Crippen LogP contribution in [0.5, 0.6) is 5.75 Å². The van der Waals surface area contributed by atoms with E-state index >= 15 is 0 Å². The molecule has 0 saturated carbocycles. The molecule has 0 aliphatic carbocycles. The van der Waals surface area contributed by atoms with E-state index in [9.17, 15) is 9.18 Å². The molecule has 35 heavy (non-hydrogen) atoms. The monoisotopic (exact) mass is 482 g/mol. The van der Waals surface area contributed by atoms with Gasteiger partial charge in [0.1, 0.15) is 11.6 Å². The first kappa shape index (κ1) is 24.0. The van der Waals surface area contributed by atoms with Crippen LogP contribution >= 0.6 is 0 Å². The Kier molecular flexibility index (Phi) is 7.51. The molecule has 0 bridgehead atoms. The predicted octanol–water partition coefficient (Wildman–Crippen LogP) is 2.15. The molecule has 5 rings (SSSR count). The molecule has 0 spiro atoms. The van der Waals surface area contributed by atoms with E-state index in [0.717, 1.165) is 70.3 Å². The van der Waals surface area contributed by atoms with Gasteiger partial charge in [0.25, 0.3) is 0 Å². The van der Waals surface area contributed by atoms with E-state index in [2.05, 4.69) is 32.1 Å². The molecule has 3 aliphatic rings. The summed E-state index contributed by atoms with van der Waals surface area (Å²) in [5.41, 5.74) is 3.46. The summed E-state index contributed by atoms with van der Waals surface area (Å²) < 4.78 is 24.3. The number of piperazine rings is 1. The first-order valence-electron chi connectivity index (χ1n) is 12.6. The predicted molar refractivity (Wildman–Crippen MR) is 133 cm³/mol. The van der Waals surface area contributed by atoms with Crippen LogP contribution in [0.2, 0.25) is 0 Å². The Hall–Kier alpha value is -2.68. The number of carbonyl (C=O) groups excluding carboxylic acids is 1. The minimum Gasteiger partial charge on any atom is -0.497 e. The number of nitrogens with zero attached hydrogens (tertiary/aromatic N) is 3. The summed E-state index contributed by atoms with van der Waals surface area (Å²) in [7, 11) is 1.69. The van der Waals surface area contributed by atoms with Gasteiger partial charge in [-0.3, -0.25) is 14.6 Å². The zero-order valence-corrected chi connectivity index (χ0v) is 20.4. The van der Waals surface area contributed by atoms with Crippen molar-refractivity contribution in [1.82, 2.24) is 15.1 Å². The number of amides is 1. The SMILES string of the molecule is COc1ccc2c(c1)N1CCN(Cc3ccc(F)cc3)C[C@@H]1[C@@H](C(=O)NCCN1CCOCC1)C2. The highest BCUT2D eigenvalue weighted by atomic mass is 19.1. The van der Waals surface area contributed by atoms with Crippen molar-refractivity contribution >= 4 is 11.6 Å². The number of carbonyl (C=O) groups is 1. The van der Waals surface area contributed by atoms with Gasteiger partial charge in [-0.1, -0.05) is 18.2 Å². The standard InChI is InChI=1S/C27H35FN4O3/c1-34-23-7-4-21-16-24(27(33)29-8-9-30-12-14-35-15-13-30)26-19-31(10-11-32(26)25(21)17-23)18-20-2-5-22(28)6-3-20/h2-7,17,24,26H,8-16,18-19H2,1H3,(H,29,33)/t24-,26+/m0/s1. The maximum absolute atomic E-state index is 13.5. The fraction of sp³-hybridized carbons (Fsp3) is 0.519. The molecule has 3 heterocycles. The largest absolute Gasteiger partial charge is 0.497 e. The fourth-order valence-electron chi connectivity index (χ4n) is 5.55. The van der Waals surface area contributed by atoms with Crippen molar-refractivity contribution in [2.75, 3.05) is 71.0 Å². The van der Waals surface area contributed by atoms with Gasteiger partial charge in [0.15, 0.2) is 0 Å². The average molecular weight is 483 g/mol. The maximum atomic E-state index is 13.5. The molecule has 0 unspecified atom stereocenters. The summed E-state index contributed by atoms with van der Waals surface area (Å²) in [6.07, 6.45) is 0.717. The molecule has 1 amide bonds. The van der Waals surface area contributed by atoms with Gasteiger partial charge in [-0.2, -0.15) is 0 Å². The molecule has 188 valence electrons. The zero-order valence-electron chi connectivity index (χ0n) is 20.4. The van der Waals surface area contributed by atoms with Crippen molar-refractivity contribution in [3.63, 3.8) is 0 Å². The van der Waals surface area contributed by atoms with E-state index < -0.39 is 0 Å². The van der Waals surface area contributed by atoms with Crippen molar-refractivity contribution < 1.29 is 18.7 Å². The molecule has 2 saturated heterocycles. The van der Waals surface area contributed by atoms with Gasteiger partial charge >= 0.3 is 0 Å². The molecule has 0 aromatic heterocycles. The van der Waals surface area contributed by atoms with Gasteiger partial charge in [-0.25, -0.2) is 4.39 Å². The van der Waals surface area contributed by atoms with E-state index in [4.69, 9.17) is 9.47 Å². The summed E-state index contributed by atoms with van der Waals surface area (Å²) in [5.74, 6) is 0.616. The smallest absolute Gasteiger partial charge is 0.225 e. The summed E-state index contributed by atoms with van der Waals surface area (Å²) in [6, 6.07) is 13.0. The van der Waals surface area contributed by atoms with E-state index in [-0.39, 0.29) is 23.7 Å². The molecule has 0 radical (unpaired) electrons. The zero-order chi connectivity index (χ0) is 24.2. The molecular weight excluding hydrogens is 447 g/mol. The molecule has 2 aromatic carbocycles. The number of methoxy groups -OCH3 is 1. The van der Waals surface area contributed by atoms with Crippen molar-refractivity contribution in [3.8, 4) is 5.75 Å². The molecular formula is C27H35FN4O3. The Morgan fingerprint density at radius 2 is 1.89 bits per heavy atom. The van der Waals surface area contributed by atoms with E-state index in [1.165, 1.54) is 23.4 Å². The quantitative estimate of drug-likeness (QED) is 0.653. The van der Waals surface area contributed by atoms with Crippen molar-refractivity contribution in [3.05, 3.63) is 59.4 Å². The fourth-order valence-corrected chi connectivity index (χ4v) is 5.55. The number of ether oxygens (including phenoxy) is 2. The first-order valence-corrected chi connectivity index (χ1v) is 12.6. The number of fused-ring (bicyclic) bond motifs is 3. The Morgan fingerprint density at radius 1 is 1.09 bits per heavy atom. The van der Waals surface area contributed by atoms with Gasteiger partial charge in [0.05, 0.1) is 32.3 Å². The second-order valence-electron chi connectivity index (χ2n) is 9.67. The maximum Gasteiger partial charge on any atom is 0.225 e. The van der Waals surface area contributed by atoms with Crippen LogP contribution in [0.1, 0.15) is 11.1 Å². The summed E-state index contributed by atoms with van der Waals surface area (Å²) >= 11 is 0. The number of hydrogen-bond donors (Lipinski definition) is 1. The van der Waals surface area contributed by atoms with Crippen LogP contribution in [0.25, 0.3) is 0 Å². The average Bonchev–Trinajstić information content (AvgIpc) is 2.89. The van der Waals surface area contributed by atoms with Gasteiger partial charge in [0, 0.05) is 64.1 Å². The number of benzene rings is 2. The van der Waals surface area contributed by atoms with Crippen LogP contribution in [-0.4, -0.2) is 87.9 Å². The van der Waals surface area contributed by atoms with E-state index in [1.807, 2.05) is 18.2 Å². The summed E-state index contributed by atoms with van der Waals surface area (Å²) in [4.78, 5) is 20.6. The third-order valence-electron chi connectivity index (χ3n) is 7.50. The van der Waals surface area contributed by atoms with Crippen LogP contribution in [0.15, 0.2) is 42.5 Å². The highest BCUT2D eigenvalue weighted by Gasteiger charge is 2.41. The third kappa shape index (κ3) is 5.60. The highest BCUT2D eigenvalue weighted by Crippen LogP contribution is 2.38. The van der Waals surface area contributed by atoms with Crippen LogP contribution in [0, 0.1) is 11.7 Å². The van der Waals surface area contributed by atoms with Crippen molar-refractivity contribution in [2.24, 2.45) is 5.92 Å². The number of morpholine rings is 1. The molecule has 2 aromatic rings. The Bertz CT molecular complexity index is 1010. The second kappa shape index (κ2) is 10.9. The number of hydrogen-bond acceptors (Lipinski definition) is 6. The molecule has 2 atom stereocenters. The Labute approximate surface area is 206 Å².